The number of hydrogen-bond acceptors (Lipinski definition) is 5. The van der Waals surface area contributed by atoms with Crippen molar-refractivity contribution in [1.29, 1.82) is 0 Å². The summed E-state index contributed by atoms with van der Waals surface area (Å²) in [4.78, 5) is 4.09. The second-order valence-corrected chi connectivity index (χ2v) is 4.33. The molecule has 2 N–H and O–H groups in total. The molecule has 0 radical (unpaired) electrons. The van der Waals surface area contributed by atoms with E-state index < -0.39 is 12.8 Å². The third-order valence-electron chi connectivity index (χ3n) is 2.72. The van der Waals surface area contributed by atoms with Gasteiger partial charge in [-0.15, -0.1) is 0 Å². The van der Waals surface area contributed by atoms with E-state index in [1.807, 2.05) is 13.8 Å². The minimum absolute atomic E-state index is 0.0812. The van der Waals surface area contributed by atoms with E-state index in [4.69, 9.17) is 10.3 Å². The first kappa shape index (κ1) is 15.9. The van der Waals surface area contributed by atoms with Crippen molar-refractivity contribution < 1.29 is 22.4 Å². The third kappa shape index (κ3) is 5.56. The molecule has 8 heteroatoms. The topological polar surface area (TPSA) is 74.2 Å². The van der Waals surface area contributed by atoms with Gasteiger partial charge in [0.25, 0.3) is 0 Å². The van der Waals surface area contributed by atoms with Gasteiger partial charge in [-0.2, -0.15) is 18.2 Å². The number of halogens is 3. The zero-order chi connectivity index (χ0) is 14.5. The van der Waals surface area contributed by atoms with Crippen molar-refractivity contribution >= 4 is 0 Å². The molecule has 1 heterocycles. The van der Waals surface area contributed by atoms with E-state index in [2.05, 4.69) is 14.9 Å². The van der Waals surface area contributed by atoms with Gasteiger partial charge in [-0.3, -0.25) is 0 Å². The van der Waals surface area contributed by atoms with Gasteiger partial charge < -0.3 is 15.0 Å². The fourth-order valence-electron chi connectivity index (χ4n) is 1.44. The SMILES string of the molecule is CCC(N)C(C)c1nc(CCOCC(F)(F)F)no1. The number of hydrogen-bond donors (Lipinski definition) is 1. The smallest absolute Gasteiger partial charge is 0.372 e. The molecule has 19 heavy (non-hydrogen) atoms. The Morgan fingerprint density at radius 3 is 2.68 bits per heavy atom. The first-order valence-corrected chi connectivity index (χ1v) is 6.06. The maximum atomic E-state index is 11.8. The van der Waals surface area contributed by atoms with E-state index in [1.165, 1.54) is 0 Å². The van der Waals surface area contributed by atoms with Crippen LogP contribution >= 0.6 is 0 Å². The average Bonchev–Trinajstić information content (AvgIpc) is 2.80. The van der Waals surface area contributed by atoms with E-state index in [-0.39, 0.29) is 25.0 Å². The lowest BCUT2D eigenvalue weighted by Crippen LogP contribution is -2.25. The number of aromatic nitrogens is 2. The predicted molar refractivity (Wildman–Crippen MR) is 61.6 cm³/mol. The Bertz CT molecular complexity index is 382. The highest BCUT2D eigenvalue weighted by molar-refractivity contribution is 4.96. The van der Waals surface area contributed by atoms with E-state index in [9.17, 15) is 13.2 Å². The molecule has 0 aliphatic carbocycles. The van der Waals surface area contributed by atoms with Gasteiger partial charge in [0.15, 0.2) is 5.82 Å². The van der Waals surface area contributed by atoms with Crippen molar-refractivity contribution in [3.8, 4) is 0 Å². The maximum Gasteiger partial charge on any atom is 0.411 e. The summed E-state index contributed by atoms with van der Waals surface area (Å²) in [6.45, 7) is 2.44. The van der Waals surface area contributed by atoms with Crippen LogP contribution in [0, 0.1) is 0 Å². The van der Waals surface area contributed by atoms with E-state index in [0.29, 0.717) is 11.7 Å². The second kappa shape index (κ2) is 6.85. The molecule has 0 aromatic carbocycles. The van der Waals surface area contributed by atoms with Gasteiger partial charge in [0.2, 0.25) is 5.89 Å². The highest BCUT2D eigenvalue weighted by Gasteiger charge is 2.27. The molecule has 110 valence electrons. The molecular formula is C11H18F3N3O2. The van der Waals surface area contributed by atoms with Crippen LogP contribution in [0.1, 0.15) is 37.9 Å². The molecule has 0 bridgehead atoms. The standard InChI is InChI=1S/C11H18F3N3O2/c1-3-8(15)7(2)10-16-9(17-19-10)4-5-18-6-11(12,13)14/h7-8H,3-6,15H2,1-2H3. The molecule has 2 unspecified atom stereocenters. The normalized spacial score (nSPS) is 15.5. The van der Waals surface area contributed by atoms with Gasteiger partial charge in [-0.25, -0.2) is 0 Å². The Labute approximate surface area is 109 Å². The average molecular weight is 281 g/mol. The molecule has 0 saturated carbocycles. The lowest BCUT2D eigenvalue weighted by atomic mass is 10.0. The summed E-state index contributed by atoms with van der Waals surface area (Å²) in [5, 5.41) is 3.69. The molecule has 0 fully saturated rings. The summed E-state index contributed by atoms with van der Waals surface area (Å²) in [5.41, 5.74) is 5.85. The van der Waals surface area contributed by atoms with Crippen molar-refractivity contribution in [2.75, 3.05) is 13.2 Å². The lowest BCUT2D eigenvalue weighted by molar-refractivity contribution is -0.173. The van der Waals surface area contributed by atoms with Gasteiger partial charge in [-0.05, 0) is 6.42 Å². The van der Waals surface area contributed by atoms with E-state index in [0.717, 1.165) is 6.42 Å². The van der Waals surface area contributed by atoms with E-state index in [1.54, 1.807) is 0 Å². The van der Waals surface area contributed by atoms with Crippen LogP contribution in [0.4, 0.5) is 13.2 Å². The van der Waals surface area contributed by atoms with Gasteiger partial charge in [-0.1, -0.05) is 19.0 Å². The quantitative estimate of drug-likeness (QED) is 0.774. The number of nitrogens with zero attached hydrogens (tertiary/aromatic N) is 2. The van der Waals surface area contributed by atoms with Crippen molar-refractivity contribution in [3.05, 3.63) is 11.7 Å². The molecule has 2 atom stereocenters. The van der Waals surface area contributed by atoms with Gasteiger partial charge >= 0.3 is 6.18 Å². The third-order valence-corrected chi connectivity index (χ3v) is 2.72. The van der Waals surface area contributed by atoms with Crippen LogP contribution in [0.2, 0.25) is 0 Å². The predicted octanol–water partition coefficient (Wildman–Crippen LogP) is 2.03. The Morgan fingerprint density at radius 1 is 1.42 bits per heavy atom. The first-order chi connectivity index (χ1) is 8.83. The Balaban J connectivity index is 2.39. The number of alkyl halides is 3. The van der Waals surface area contributed by atoms with Crippen LogP contribution in [-0.4, -0.2) is 35.6 Å². The monoisotopic (exact) mass is 281 g/mol. The van der Waals surface area contributed by atoms with Gasteiger partial charge in [0.05, 0.1) is 12.5 Å². The fraction of sp³-hybridized carbons (Fsp3) is 0.818. The van der Waals surface area contributed by atoms with Crippen molar-refractivity contribution in [2.24, 2.45) is 5.73 Å². The molecule has 1 aromatic heterocycles. The summed E-state index contributed by atoms with van der Waals surface area (Å²) in [6, 6.07) is -0.0882. The molecule has 0 spiro atoms. The molecule has 0 saturated heterocycles. The summed E-state index contributed by atoms with van der Waals surface area (Å²) in [7, 11) is 0. The molecule has 1 rings (SSSR count). The van der Waals surface area contributed by atoms with E-state index >= 15 is 0 Å². The van der Waals surface area contributed by atoms with Gasteiger partial charge in [0.1, 0.15) is 6.61 Å². The largest absolute Gasteiger partial charge is 0.411 e. The highest BCUT2D eigenvalue weighted by Crippen LogP contribution is 2.18. The van der Waals surface area contributed by atoms with Crippen molar-refractivity contribution in [2.45, 2.75) is 44.8 Å². The van der Waals surface area contributed by atoms with Crippen LogP contribution in [0.25, 0.3) is 0 Å². The second-order valence-electron chi connectivity index (χ2n) is 4.33. The summed E-state index contributed by atoms with van der Waals surface area (Å²) in [5.74, 6) is 0.648. The summed E-state index contributed by atoms with van der Waals surface area (Å²) < 4.78 is 45.0. The maximum absolute atomic E-state index is 11.8. The van der Waals surface area contributed by atoms with Crippen molar-refractivity contribution in [3.63, 3.8) is 0 Å². The summed E-state index contributed by atoms with van der Waals surface area (Å²) in [6.07, 6.45) is -3.37. The van der Waals surface area contributed by atoms with Crippen molar-refractivity contribution in [1.82, 2.24) is 10.1 Å². The van der Waals surface area contributed by atoms with Crippen LogP contribution in [0.15, 0.2) is 4.52 Å². The Morgan fingerprint density at radius 2 is 2.11 bits per heavy atom. The number of rotatable bonds is 7. The number of nitrogens with two attached hydrogens (primary N) is 1. The molecular weight excluding hydrogens is 263 g/mol. The van der Waals surface area contributed by atoms with Crippen LogP contribution in [0.5, 0.6) is 0 Å². The minimum atomic E-state index is -4.31. The van der Waals surface area contributed by atoms with Crippen LogP contribution in [0.3, 0.4) is 0 Å². The molecule has 0 aliphatic heterocycles. The molecule has 1 aromatic rings. The number of ether oxygens (including phenoxy) is 1. The molecule has 5 nitrogen and oxygen atoms in total. The molecule has 0 aliphatic rings. The van der Waals surface area contributed by atoms with Gasteiger partial charge in [0, 0.05) is 12.5 Å². The minimum Gasteiger partial charge on any atom is -0.372 e. The fourth-order valence-corrected chi connectivity index (χ4v) is 1.44. The Hall–Kier alpha value is -1.15. The van der Waals surface area contributed by atoms with Crippen LogP contribution < -0.4 is 5.73 Å². The Kier molecular flexibility index (Phi) is 5.74. The zero-order valence-corrected chi connectivity index (χ0v) is 10.9. The highest BCUT2D eigenvalue weighted by atomic mass is 19.4. The lowest BCUT2D eigenvalue weighted by Gasteiger charge is -2.13. The first-order valence-electron chi connectivity index (χ1n) is 6.06. The van der Waals surface area contributed by atoms with Crippen LogP contribution in [-0.2, 0) is 11.2 Å². The molecule has 0 amide bonds. The summed E-state index contributed by atoms with van der Waals surface area (Å²) >= 11 is 0. The zero-order valence-electron chi connectivity index (χ0n) is 10.9.